The van der Waals surface area contributed by atoms with E-state index in [1.165, 1.54) is 36.9 Å². The highest BCUT2D eigenvalue weighted by Gasteiger charge is 2.19. The van der Waals surface area contributed by atoms with E-state index in [-0.39, 0.29) is 0 Å². The summed E-state index contributed by atoms with van der Waals surface area (Å²) in [5.41, 5.74) is 2.46. The second kappa shape index (κ2) is 7.01. The zero-order valence-corrected chi connectivity index (χ0v) is 12.5. The van der Waals surface area contributed by atoms with Crippen molar-refractivity contribution in [3.63, 3.8) is 0 Å². The average molecular weight is 261 g/mol. The maximum atomic E-state index is 4.58. The minimum absolute atomic E-state index is 0.628. The average Bonchev–Trinajstić information content (AvgIpc) is 3.22. The van der Waals surface area contributed by atoms with Gasteiger partial charge in [0.1, 0.15) is 0 Å². The molecule has 1 unspecified atom stereocenters. The maximum Gasteiger partial charge on any atom is 0.0544 e. The van der Waals surface area contributed by atoms with Crippen molar-refractivity contribution < 1.29 is 0 Å². The second-order valence-electron chi connectivity index (χ2n) is 5.87. The highest BCUT2D eigenvalue weighted by molar-refractivity contribution is 5.14. The summed E-state index contributed by atoms with van der Waals surface area (Å²) >= 11 is 0. The molecule has 106 valence electrons. The van der Waals surface area contributed by atoms with Crippen molar-refractivity contribution in [3.8, 4) is 0 Å². The Bertz CT molecular complexity index is 370. The minimum atomic E-state index is 0.628. The highest BCUT2D eigenvalue weighted by Crippen LogP contribution is 2.19. The third-order valence-electron chi connectivity index (χ3n) is 3.93. The Morgan fingerprint density at radius 1 is 1.42 bits per heavy atom. The number of nitrogens with one attached hydrogen (secondary N) is 1. The van der Waals surface area contributed by atoms with Crippen LogP contribution in [0, 0.1) is 0 Å². The van der Waals surface area contributed by atoms with Gasteiger partial charge in [0, 0.05) is 31.4 Å². The number of hydrogen-bond donors (Lipinski definition) is 1. The predicted molar refractivity (Wildman–Crippen MR) is 79.9 cm³/mol. The summed E-state index contributed by atoms with van der Waals surface area (Å²) in [6.45, 7) is 6.43. The van der Waals surface area contributed by atoms with Gasteiger partial charge in [-0.2, -0.15) is 0 Å². The Kier molecular flexibility index (Phi) is 5.34. The molecule has 0 amide bonds. The van der Waals surface area contributed by atoms with E-state index in [0.29, 0.717) is 6.04 Å². The summed E-state index contributed by atoms with van der Waals surface area (Å²) < 4.78 is 0. The number of hydrogen-bond acceptors (Lipinski definition) is 3. The molecule has 1 saturated carbocycles. The molecule has 1 aromatic heterocycles. The first-order valence-corrected chi connectivity index (χ1v) is 7.56. The van der Waals surface area contributed by atoms with Gasteiger partial charge < -0.3 is 5.32 Å². The largest absolute Gasteiger partial charge is 0.310 e. The van der Waals surface area contributed by atoms with Gasteiger partial charge in [-0.1, -0.05) is 19.4 Å². The van der Waals surface area contributed by atoms with Crippen LogP contribution in [0.15, 0.2) is 18.3 Å². The molecule has 1 aliphatic rings. The Balaban J connectivity index is 1.79. The second-order valence-corrected chi connectivity index (χ2v) is 5.87. The molecular weight excluding hydrogens is 234 g/mol. The van der Waals surface area contributed by atoms with E-state index < -0.39 is 0 Å². The molecule has 0 radical (unpaired) electrons. The molecule has 0 bridgehead atoms. The van der Waals surface area contributed by atoms with Gasteiger partial charge in [0.15, 0.2) is 0 Å². The zero-order valence-electron chi connectivity index (χ0n) is 12.5. The standard InChI is InChI=1S/C16H27N3/c1-4-5-13(2)19(3)12-16-7-6-14(11-18-16)10-17-15-8-9-15/h6-7,11,13,15,17H,4-5,8-10,12H2,1-3H3. The van der Waals surface area contributed by atoms with Gasteiger partial charge in [0.05, 0.1) is 5.69 Å². The molecule has 3 heteroatoms. The molecule has 0 aromatic carbocycles. The molecule has 19 heavy (non-hydrogen) atoms. The number of aromatic nitrogens is 1. The van der Waals surface area contributed by atoms with Crippen LogP contribution in [-0.2, 0) is 13.1 Å². The highest BCUT2D eigenvalue weighted by atomic mass is 15.1. The van der Waals surface area contributed by atoms with E-state index in [2.05, 4.69) is 48.2 Å². The Labute approximate surface area is 117 Å². The molecule has 1 fully saturated rings. The lowest BCUT2D eigenvalue weighted by Gasteiger charge is -2.23. The Morgan fingerprint density at radius 3 is 2.79 bits per heavy atom. The van der Waals surface area contributed by atoms with Crippen LogP contribution >= 0.6 is 0 Å². The van der Waals surface area contributed by atoms with E-state index in [0.717, 1.165) is 19.1 Å². The summed E-state index contributed by atoms with van der Waals surface area (Å²) in [4.78, 5) is 6.96. The number of pyridine rings is 1. The van der Waals surface area contributed by atoms with Gasteiger partial charge >= 0.3 is 0 Å². The van der Waals surface area contributed by atoms with Crippen LogP contribution < -0.4 is 5.32 Å². The summed E-state index contributed by atoms with van der Waals surface area (Å²) in [6.07, 6.45) is 7.19. The minimum Gasteiger partial charge on any atom is -0.310 e. The lowest BCUT2D eigenvalue weighted by molar-refractivity contribution is 0.234. The van der Waals surface area contributed by atoms with Crippen molar-refractivity contribution in [3.05, 3.63) is 29.6 Å². The summed E-state index contributed by atoms with van der Waals surface area (Å²) in [5.74, 6) is 0. The fourth-order valence-electron chi connectivity index (χ4n) is 2.25. The first-order chi connectivity index (χ1) is 9.19. The van der Waals surface area contributed by atoms with Gasteiger partial charge in [-0.05, 0) is 44.9 Å². The van der Waals surface area contributed by atoms with Gasteiger partial charge in [0.2, 0.25) is 0 Å². The van der Waals surface area contributed by atoms with E-state index in [1.54, 1.807) is 0 Å². The molecule has 1 heterocycles. The quantitative estimate of drug-likeness (QED) is 0.780. The van der Waals surface area contributed by atoms with Crippen LogP contribution in [-0.4, -0.2) is 29.0 Å². The molecule has 0 saturated heterocycles. The van der Waals surface area contributed by atoms with Crippen molar-refractivity contribution in [2.75, 3.05) is 7.05 Å². The monoisotopic (exact) mass is 261 g/mol. The van der Waals surface area contributed by atoms with Crippen LogP contribution in [0.4, 0.5) is 0 Å². The first kappa shape index (κ1) is 14.5. The lowest BCUT2D eigenvalue weighted by Crippen LogP contribution is -2.28. The molecule has 1 aromatic rings. The topological polar surface area (TPSA) is 28.2 Å². The summed E-state index contributed by atoms with van der Waals surface area (Å²) in [5, 5.41) is 3.52. The molecule has 1 aliphatic carbocycles. The van der Waals surface area contributed by atoms with E-state index in [4.69, 9.17) is 0 Å². The Hall–Kier alpha value is -0.930. The summed E-state index contributed by atoms with van der Waals surface area (Å²) in [6, 6.07) is 5.76. The number of nitrogens with zero attached hydrogens (tertiary/aromatic N) is 2. The molecular formula is C16H27N3. The van der Waals surface area contributed by atoms with Crippen LogP contribution in [0.25, 0.3) is 0 Å². The lowest BCUT2D eigenvalue weighted by atomic mass is 10.1. The van der Waals surface area contributed by atoms with Gasteiger partial charge in [-0.25, -0.2) is 0 Å². The molecule has 2 rings (SSSR count). The normalized spacial score (nSPS) is 16.8. The van der Waals surface area contributed by atoms with Crippen molar-refractivity contribution in [1.29, 1.82) is 0 Å². The smallest absolute Gasteiger partial charge is 0.0544 e. The fraction of sp³-hybridized carbons (Fsp3) is 0.688. The van der Waals surface area contributed by atoms with E-state index in [1.807, 2.05) is 6.20 Å². The maximum absolute atomic E-state index is 4.58. The molecule has 0 aliphatic heterocycles. The van der Waals surface area contributed by atoms with Crippen molar-refractivity contribution >= 4 is 0 Å². The van der Waals surface area contributed by atoms with Crippen molar-refractivity contribution in [2.24, 2.45) is 0 Å². The molecule has 1 N–H and O–H groups in total. The van der Waals surface area contributed by atoms with Gasteiger partial charge in [-0.3, -0.25) is 9.88 Å². The van der Waals surface area contributed by atoms with E-state index >= 15 is 0 Å². The van der Waals surface area contributed by atoms with Gasteiger partial charge in [0.25, 0.3) is 0 Å². The molecule has 0 spiro atoms. The van der Waals surface area contributed by atoms with E-state index in [9.17, 15) is 0 Å². The third kappa shape index (κ3) is 4.92. The summed E-state index contributed by atoms with van der Waals surface area (Å²) in [7, 11) is 2.19. The van der Waals surface area contributed by atoms with Crippen LogP contribution in [0.3, 0.4) is 0 Å². The SMILES string of the molecule is CCCC(C)N(C)Cc1ccc(CNC2CC2)cn1. The van der Waals surface area contributed by atoms with Crippen molar-refractivity contribution in [1.82, 2.24) is 15.2 Å². The zero-order chi connectivity index (χ0) is 13.7. The molecule has 1 atom stereocenters. The van der Waals surface area contributed by atoms with Gasteiger partial charge in [-0.15, -0.1) is 0 Å². The first-order valence-electron chi connectivity index (χ1n) is 7.56. The van der Waals surface area contributed by atoms with Crippen LogP contribution in [0.1, 0.15) is 50.8 Å². The number of rotatable bonds is 8. The third-order valence-corrected chi connectivity index (χ3v) is 3.93. The Morgan fingerprint density at radius 2 is 2.21 bits per heavy atom. The van der Waals surface area contributed by atoms with Crippen LogP contribution in [0.2, 0.25) is 0 Å². The van der Waals surface area contributed by atoms with Crippen molar-refractivity contribution in [2.45, 2.75) is 64.7 Å². The molecule has 3 nitrogen and oxygen atoms in total. The predicted octanol–water partition coefficient (Wildman–Crippen LogP) is 2.95. The fourth-order valence-corrected chi connectivity index (χ4v) is 2.25. The van der Waals surface area contributed by atoms with Crippen LogP contribution in [0.5, 0.6) is 0 Å².